The molecule has 68 valence electrons. The van der Waals surface area contributed by atoms with Gasteiger partial charge in [-0.3, -0.25) is 0 Å². The van der Waals surface area contributed by atoms with Gasteiger partial charge in [0, 0.05) is 20.0 Å². The van der Waals surface area contributed by atoms with Gasteiger partial charge in [0.2, 0.25) is 5.89 Å². The van der Waals surface area contributed by atoms with Gasteiger partial charge in [0.05, 0.1) is 0 Å². The first-order valence-corrected chi connectivity index (χ1v) is 4.31. The van der Waals surface area contributed by atoms with Crippen molar-refractivity contribution in [3.05, 3.63) is 5.89 Å². The number of aryl methyl sites for hydroxylation is 1. The maximum absolute atomic E-state index is 5.35. The van der Waals surface area contributed by atoms with Crippen molar-refractivity contribution in [2.75, 3.05) is 18.5 Å². The summed E-state index contributed by atoms with van der Waals surface area (Å²) in [5, 5.41) is 7.79. The Morgan fingerprint density at radius 3 is 2.58 bits per heavy atom. The van der Waals surface area contributed by atoms with Gasteiger partial charge in [0.1, 0.15) is 0 Å². The van der Waals surface area contributed by atoms with E-state index in [-0.39, 0.29) is 0 Å². The van der Waals surface area contributed by atoms with Crippen molar-refractivity contribution in [1.82, 2.24) is 10.2 Å². The van der Waals surface area contributed by atoms with Crippen molar-refractivity contribution >= 4 is 6.01 Å². The van der Waals surface area contributed by atoms with Crippen molar-refractivity contribution in [2.45, 2.75) is 26.7 Å². The largest absolute Gasteiger partial charge is 0.408 e. The van der Waals surface area contributed by atoms with Crippen LogP contribution in [0.2, 0.25) is 0 Å². The number of aromatic nitrogens is 2. The van der Waals surface area contributed by atoms with E-state index in [0.717, 1.165) is 19.4 Å². The van der Waals surface area contributed by atoms with E-state index in [2.05, 4.69) is 17.1 Å². The summed E-state index contributed by atoms with van der Waals surface area (Å²) >= 11 is 0. The smallest absolute Gasteiger partial charge is 0.317 e. The molecule has 1 aromatic heterocycles. The Bertz CT molecular complexity index is 234. The summed E-state index contributed by atoms with van der Waals surface area (Å²) in [7, 11) is 1.95. The van der Waals surface area contributed by atoms with Gasteiger partial charge in [0.25, 0.3) is 0 Å². The average molecular weight is 169 g/mol. The topological polar surface area (TPSA) is 42.2 Å². The molecular formula is C8H15N3O. The molecule has 0 saturated carbocycles. The summed E-state index contributed by atoms with van der Waals surface area (Å²) in [4.78, 5) is 1.96. The third-order valence-corrected chi connectivity index (χ3v) is 1.64. The highest BCUT2D eigenvalue weighted by molar-refractivity contribution is 5.21. The molecule has 4 nitrogen and oxygen atoms in total. The summed E-state index contributed by atoms with van der Waals surface area (Å²) in [6.07, 6.45) is 1.88. The minimum Gasteiger partial charge on any atom is -0.408 e. The summed E-state index contributed by atoms with van der Waals surface area (Å²) in [5.41, 5.74) is 0. The van der Waals surface area contributed by atoms with Crippen LogP contribution < -0.4 is 4.90 Å². The Labute approximate surface area is 72.6 Å². The van der Waals surface area contributed by atoms with Gasteiger partial charge >= 0.3 is 6.01 Å². The lowest BCUT2D eigenvalue weighted by atomic mass is 10.4. The first kappa shape index (κ1) is 9.03. The van der Waals surface area contributed by atoms with Gasteiger partial charge < -0.3 is 9.32 Å². The van der Waals surface area contributed by atoms with Crippen LogP contribution in [0, 0.1) is 0 Å². The van der Waals surface area contributed by atoms with E-state index >= 15 is 0 Å². The zero-order chi connectivity index (χ0) is 8.97. The second-order valence-electron chi connectivity index (χ2n) is 2.75. The molecule has 0 aromatic carbocycles. The molecule has 1 heterocycles. The molecule has 1 aromatic rings. The zero-order valence-electron chi connectivity index (χ0n) is 7.87. The van der Waals surface area contributed by atoms with Crippen LogP contribution in [0.15, 0.2) is 4.42 Å². The second kappa shape index (κ2) is 4.09. The molecule has 0 fully saturated rings. The van der Waals surface area contributed by atoms with E-state index in [1.807, 2.05) is 18.9 Å². The fraction of sp³-hybridized carbons (Fsp3) is 0.750. The predicted molar refractivity (Wildman–Crippen MR) is 47.2 cm³/mol. The summed E-state index contributed by atoms with van der Waals surface area (Å²) < 4.78 is 5.35. The molecule has 0 spiro atoms. The molecule has 0 radical (unpaired) electrons. The Morgan fingerprint density at radius 2 is 2.08 bits per heavy atom. The first-order chi connectivity index (χ1) is 5.77. The van der Waals surface area contributed by atoms with E-state index in [1.165, 1.54) is 0 Å². The van der Waals surface area contributed by atoms with Crippen LogP contribution in [0.3, 0.4) is 0 Å². The van der Waals surface area contributed by atoms with Gasteiger partial charge in [-0.2, -0.15) is 0 Å². The molecule has 12 heavy (non-hydrogen) atoms. The van der Waals surface area contributed by atoms with Crippen molar-refractivity contribution in [1.29, 1.82) is 0 Å². The van der Waals surface area contributed by atoms with Crippen LogP contribution in [0.25, 0.3) is 0 Å². The SMILES string of the molecule is CCCN(C)c1nnc(CC)o1. The van der Waals surface area contributed by atoms with Crippen LogP contribution in [0.1, 0.15) is 26.2 Å². The highest BCUT2D eigenvalue weighted by Crippen LogP contribution is 2.10. The molecule has 0 aliphatic heterocycles. The first-order valence-electron chi connectivity index (χ1n) is 4.31. The molecule has 0 bridgehead atoms. The number of hydrogen-bond acceptors (Lipinski definition) is 4. The highest BCUT2D eigenvalue weighted by Gasteiger charge is 2.07. The molecule has 0 amide bonds. The molecule has 0 aliphatic rings. The fourth-order valence-electron chi connectivity index (χ4n) is 0.973. The van der Waals surface area contributed by atoms with E-state index in [9.17, 15) is 0 Å². The summed E-state index contributed by atoms with van der Waals surface area (Å²) in [5.74, 6) is 0.702. The fourth-order valence-corrected chi connectivity index (χ4v) is 0.973. The van der Waals surface area contributed by atoms with Crippen LogP contribution in [-0.2, 0) is 6.42 Å². The molecular weight excluding hydrogens is 154 g/mol. The molecule has 4 heteroatoms. The lowest BCUT2D eigenvalue weighted by Crippen LogP contribution is -2.17. The van der Waals surface area contributed by atoms with Crippen molar-refractivity contribution in [2.24, 2.45) is 0 Å². The van der Waals surface area contributed by atoms with Crippen LogP contribution in [-0.4, -0.2) is 23.8 Å². The maximum atomic E-state index is 5.35. The molecule has 0 atom stereocenters. The van der Waals surface area contributed by atoms with E-state index < -0.39 is 0 Å². The number of hydrogen-bond donors (Lipinski definition) is 0. The zero-order valence-corrected chi connectivity index (χ0v) is 7.87. The number of nitrogens with zero attached hydrogens (tertiary/aromatic N) is 3. The van der Waals surface area contributed by atoms with Gasteiger partial charge in [-0.25, -0.2) is 0 Å². The minimum atomic E-state index is 0.619. The van der Waals surface area contributed by atoms with E-state index in [4.69, 9.17) is 4.42 Å². The standard InChI is InChI=1S/C8H15N3O/c1-4-6-11(3)8-10-9-7(5-2)12-8/h4-6H2,1-3H3. The van der Waals surface area contributed by atoms with Crippen LogP contribution in [0.5, 0.6) is 0 Å². The molecule has 0 N–H and O–H groups in total. The quantitative estimate of drug-likeness (QED) is 0.684. The average Bonchev–Trinajstić information content (AvgIpc) is 2.52. The van der Waals surface area contributed by atoms with Gasteiger partial charge in [-0.05, 0) is 6.42 Å². The van der Waals surface area contributed by atoms with E-state index in [1.54, 1.807) is 0 Å². The van der Waals surface area contributed by atoms with Crippen LogP contribution >= 0.6 is 0 Å². The Morgan fingerprint density at radius 1 is 1.33 bits per heavy atom. The molecule has 0 unspecified atom stereocenters. The number of rotatable bonds is 4. The highest BCUT2D eigenvalue weighted by atomic mass is 16.4. The number of anilines is 1. The maximum Gasteiger partial charge on any atom is 0.317 e. The lowest BCUT2D eigenvalue weighted by Gasteiger charge is -2.10. The Kier molecular flexibility index (Phi) is 3.08. The van der Waals surface area contributed by atoms with Crippen molar-refractivity contribution in [3.63, 3.8) is 0 Å². The van der Waals surface area contributed by atoms with Gasteiger partial charge in [0.15, 0.2) is 0 Å². The minimum absolute atomic E-state index is 0.619. The second-order valence-corrected chi connectivity index (χ2v) is 2.75. The lowest BCUT2D eigenvalue weighted by molar-refractivity contribution is 0.494. The molecule has 0 saturated heterocycles. The van der Waals surface area contributed by atoms with Crippen molar-refractivity contribution < 1.29 is 4.42 Å². The van der Waals surface area contributed by atoms with Gasteiger partial charge in [-0.15, -0.1) is 5.10 Å². The van der Waals surface area contributed by atoms with Crippen molar-refractivity contribution in [3.8, 4) is 0 Å². The third kappa shape index (κ3) is 1.96. The summed E-state index contributed by atoms with van der Waals surface area (Å²) in [6, 6.07) is 0.619. The monoisotopic (exact) mass is 169 g/mol. The van der Waals surface area contributed by atoms with Gasteiger partial charge in [-0.1, -0.05) is 18.9 Å². The van der Waals surface area contributed by atoms with E-state index in [0.29, 0.717) is 11.9 Å². The summed E-state index contributed by atoms with van der Waals surface area (Å²) in [6.45, 7) is 5.07. The Balaban J connectivity index is 2.61. The molecule has 1 rings (SSSR count). The normalized spacial score (nSPS) is 10.2. The predicted octanol–water partition coefficient (Wildman–Crippen LogP) is 1.48. The third-order valence-electron chi connectivity index (χ3n) is 1.64. The van der Waals surface area contributed by atoms with Crippen LogP contribution in [0.4, 0.5) is 6.01 Å². The Hall–Kier alpha value is -1.06. The molecule has 0 aliphatic carbocycles.